The predicted octanol–water partition coefficient (Wildman–Crippen LogP) is 3.29. The molecule has 0 aliphatic carbocycles. The Labute approximate surface area is 106 Å². The van der Waals surface area contributed by atoms with Crippen LogP contribution in [0.5, 0.6) is 5.75 Å². The Hall–Kier alpha value is -1.87. The SMILES string of the molecule is NC(CCOc1ccccc1)c1ccc(F)cc1. The van der Waals surface area contributed by atoms with Gasteiger partial charge in [0.25, 0.3) is 0 Å². The topological polar surface area (TPSA) is 35.2 Å². The van der Waals surface area contributed by atoms with E-state index in [4.69, 9.17) is 10.5 Å². The summed E-state index contributed by atoms with van der Waals surface area (Å²) in [6.45, 7) is 0.544. The summed E-state index contributed by atoms with van der Waals surface area (Å²) in [6.07, 6.45) is 0.695. The molecular weight excluding hydrogens is 229 g/mol. The minimum absolute atomic E-state index is 0.130. The molecule has 2 N–H and O–H groups in total. The quantitative estimate of drug-likeness (QED) is 0.877. The fourth-order valence-corrected chi connectivity index (χ4v) is 1.70. The van der Waals surface area contributed by atoms with Crippen LogP contribution in [-0.2, 0) is 0 Å². The first kappa shape index (κ1) is 12.6. The van der Waals surface area contributed by atoms with Crippen molar-refractivity contribution in [2.24, 2.45) is 5.73 Å². The molecule has 2 nitrogen and oxygen atoms in total. The van der Waals surface area contributed by atoms with E-state index in [1.165, 1.54) is 12.1 Å². The first-order valence-corrected chi connectivity index (χ1v) is 5.94. The van der Waals surface area contributed by atoms with Crippen LogP contribution in [-0.4, -0.2) is 6.61 Å². The van der Waals surface area contributed by atoms with Crippen LogP contribution in [0.1, 0.15) is 18.0 Å². The van der Waals surface area contributed by atoms with Crippen LogP contribution < -0.4 is 10.5 Å². The van der Waals surface area contributed by atoms with E-state index in [0.717, 1.165) is 11.3 Å². The second kappa shape index (κ2) is 6.17. The second-order valence-electron chi connectivity index (χ2n) is 4.11. The Bertz CT molecular complexity index is 470. The van der Waals surface area contributed by atoms with E-state index in [-0.39, 0.29) is 11.9 Å². The molecule has 94 valence electrons. The smallest absolute Gasteiger partial charge is 0.123 e. The van der Waals surface area contributed by atoms with E-state index in [9.17, 15) is 4.39 Å². The first-order valence-electron chi connectivity index (χ1n) is 5.94. The number of hydrogen-bond donors (Lipinski definition) is 1. The number of halogens is 1. The summed E-state index contributed by atoms with van der Waals surface area (Å²) in [5, 5.41) is 0. The molecule has 0 radical (unpaired) electrons. The summed E-state index contributed by atoms with van der Waals surface area (Å²) in [4.78, 5) is 0. The van der Waals surface area contributed by atoms with Crippen molar-refractivity contribution in [3.63, 3.8) is 0 Å². The van der Waals surface area contributed by atoms with Gasteiger partial charge in [0, 0.05) is 12.5 Å². The van der Waals surface area contributed by atoms with Gasteiger partial charge in [-0.3, -0.25) is 0 Å². The van der Waals surface area contributed by atoms with Crippen LogP contribution in [0, 0.1) is 5.82 Å². The highest BCUT2D eigenvalue weighted by atomic mass is 19.1. The van der Waals surface area contributed by atoms with E-state index in [0.29, 0.717) is 13.0 Å². The molecule has 0 fully saturated rings. The zero-order valence-electron chi connectivity index (χ0n) is 10.1. The number of nitrogens with two attached hydrogens (primary N) is 1. The summed E-state index contributed by atoms with van der Waals surface area (Å²) in [7, 11) is 0. The van der Waals surface area contributed by atoms with Gasteiger partial charge in [-0.25, -0.2) is 4.39 Å². The highest BCUT2D eigenvalue weighted by molar-refractivity contribution is 5.21. The molecule has 0 aliphatic rings. The van der Waals surface area contributed by atoms with Gasteiger partial charge in [-0.2, -0.15) is 0 Å². The fourth-order valence-electron chi connectivity index (χ4n) is 1.70. The number of para-hydroxylation sites is 1. The third kappa shape index (κ3) is 3.57. The van der Waals surface area contributed by atoms with Crippen LogP contribution in [0.25, 0.3) is 0 Å². The van der Waals surface area contributed by atoms with E-state index in [1.807, 2.05) is 30.3 Å². The van der Waals surface area contributed by atoms with Crippen molar-refractivity contribution in [2.45, 2.75) is 12.5 Å². The van der Waals surface area contributed by atoms with Crippen molar-refractivity contribution in [1.29, 1.82) is 0 Å². The molecule has 0 amide bonds. The summed E-state index contributed by atoms with van der Waals surface area (Å²) < 4.78 is 18.3. The van der Waals surface area contributed by atoms with Crippen molar-refractivity contribution in [1.82, 2.24) is 0 Å². The highest BCUT2D eigenvalue weighted by Crippen LogP contribution is 2.16. The standard InChI is InChI=1S/C15H16FNO/c16-13-8-6-12(7-9-13)15(17)10-11-18-14-4-2-1-3-5-14/h1-9,15H,10-11,17H2. The third-order valence-corrected chi connectivity index (χ3v) is 2.74. The predicted molar refractivity (Wildman–Crippen MR) is 69.9 cm³/mol. The summed E-state index contributed by atoms with van der Waals surface area (Å²) in [5.74, 6) is 0.593. The molecule has 3 heteroatoms. The second-order valence-corrected chi connectivity index (χ2v) is 4.11. The van der Waals surface area contributed by atoms with Crippen molar-refractivity contribution >= 4 is 0 Å². The zero-order valence-corrected chi connectivity index (χ0v) is 10.1. The molecule has 1 atom stereocenters. The van der Waals surface area contributed by atoms with Gasteiger partial charge in [0.2, 0.25) is 0 Å². The van der Waals surface area contributed by atoms with E-state index < -0.39 is 0 Å². The number of ether oxygens (including phenoxy) is 1. The summed E-state index contributed by atoms with van der Waals surface area (Å²) in [5.41, 5.74) is 6.93. The van der Waals surface area contributed by atoms with Crippen molar-refractivity contribution in [3.05, 3.63) is 66.0 Å². The third-order valence-electron chi connectivity index (χ3n) is 2.74. The van der Waals surface area contributed by atoms with Crippen LogP contribution >= 0.6 is 0 Å². The van der Waals surface area contributed by atoms with Crippen molar-refractivity contribution in [2.75, 3.05) is 6.61 Å². The summed E-state index contributed by atoms with van der Waals surface area (Å²) in [6, 6.07) is 15.7. The van der Waals surface area contributed by atoms with Gasteiger partial charge >= 0.3 is 0 Å². The van der Waals surface area contributed by atoms with Crippen molar-refractivity contribution < 1.29 is 9.13 Å². The molecular formula is C15H16FNO. The molecule has 0 aliphatic heterocycles. The minimum atomic E-state index is -0.244. The Morgan fingerprint density at radius 3 is 2.33 bits per heavy atom. The molecule has 2 rings (SSSR count). The lowest BCUT2D eigenvalue weighted by Crippen LogP contribution is -2.14. The van der Waals surface area contributed by atoms with Crippen LogP contribution in [0.2, 0.25) is 0 Å². The normalized spacial score (nSPS) is 12.1. The van der Waals surface area contributed by atoms with E-state index in [2.05, 4.69) is 0 Å². The van der Waals surface area contributed by atoms with Gasteiger partial charge in [-0.15, -0.1) is 0 Å². The van der Waals surface area contributed by atoms with Crippen LogP contribution in [0.4, 0.5) is 4.39 Å². The average molecular weight is 245 g/mol. The van der Waals surface area contributed by atoms with Crippen LogP contribution in [0.3, 0.4) is 0 Å². The van der Waals surface area contributed by atoms with Gasteiger partial charge in [0.05, 0.1) is 6.61 Å². The van der Waals surface area contributed by atoms with Gasteiger partial charge in [-0.05, 0) is 29.8 Å². The van der Waals surface area contributed by atoms with Gasteiger partial charge in [0.15, 0.2) is 0 Å². The Morgan fingerprint density at radius 2 is 1.67 bits per heavy atom. The number of hydrogen-bond acceptors (Lipinski definition) is 2. The number of rotatable bonds is 5. The van der Waals surface area contributed by atoms with Gasteiger partial charge in [-0.1, -0.05) is 30.3 Å². The molecule has 0 spiro atoms. The average Bonchev–Trinajstić information content (AvgIpc) is 2.40. The first-order chi connectivity index (χ1) is 8.75. The lowest BCUT2D eigenvalue weighted by atomic mass is 10.1. The maximum atomic E-state index is 12.8. The molecule has 0 saturated heterocycles. The molecule has 0 heterocycles. The largest absolute Gasteiger partial charge is 0.494 e. The van der Waals surface area contributed by atoms with Gasteiger partial charge < -0.3 is 10.5 Å². The van der Waals surface area contributed by atoms with Crippen molar-refractivity contribution in [3.8, 4) is 5.75 Å². The van der Waals surface area contributed by atoms with E-state index in [1.54, 1.807) is 12.1 Å². The minimum Gasteiger partial charge on any atom is -0.494 e. The fraction of sp³-hybridized carbons (Fsp3) is 0.200. The molecule has 0 bridgehead atoms. The monoisotopic (exact) mass is 245 g/mol. The summed E-state index contributed by atoms with van der Waals surface area (Å²) >= 11 is 0. The zero-order chi connectivity index (χ0) is 12.8. The van der Waals surface area contributed by atoms with E-state index >= 15 is 0 Å². The Morgan fingerprint density at radius 1 is 1.00 bits per heavy atom. The van der Waals surface area contributed by atoms with Gasteiger partial charge in [0.1, 0.15) is 11.6 Å². The molecule has 0 saturated carbocycles. The Kier molecular flexibility index (Phi) is 4.31. The molecule has 18 heavy (non-hydrogen) atoms. The highest BCUT2D eigenvalue weighted by Gasteiger charge is 2.06. The maximum absolute atomic E-state index is 12.8. The maximum Gasteiger partial charge on any atom is 0.123 e. The molecule has 0 aromatic heterocycles. The molecule has 1 unspecified atom stereocenters. The lowest BCUT2D eigenvalue weighted by Gasteiger charge is -2.12. The Balaban J connectivity index is 1.81. The lowest BCUT2D eigenvalue weighted by molar-refractivity contribution is 0.298. The molecule has 2 aromatic carbocycles. The number of benzene rings is 2. The molecule has 2 aromatic rings. The van der Waals surface area contributed by atoms with Crippen LogP contribution in [0.15, 0.2) is 54.6 Å².